The van der Waals surface area contributed by atoms with Crippen LogP contribution in [-0.4, -0.2) is 29.8 Å². The maximum atomic E-state index is 14.0. The lowest BCUT2D eigenvalue weighted by Crippen LogP contribution is -2.51. The van der Waals surface area contributed by atoms with Crippen molar-refractivity contribution in [2.24, 2.45) is 4.99 Å². The van der Waals surface area contributed by atoms with Gasteiger partial charge in [-0.05, 0) is 66.9 Å². The molecule has 0 radical (unpaired) electrons. The van der Waals surface area contributed by atoms with E-state index in [1.165, 1.54) is 24.3 Å². The lowest BCUT2D eigenvalue weighted by atomic mass is 9.79. The highest BCUT2D eigenvalue weighted by Gasteiger charge is 2.45. The van der Waals surface area contributed by atoms with Crippen molar-refractivity contribution in [3.63, 3.8) is 0 Å². The van der Waals surface area contributed by atoms with Crippen molar-refractivity contribution < 1.29 is 35.5 Å². The zero-order chi connectivity index (χ0) is 34.8. The van der Waals surface area contributed by atoms with Crippen molar-refractivity contribution in [3.8, 4) is 17.7 Å². The lowest BCUT2D eigenvalue weighted by Gasteiger charge is -2.38. The van der Waals surface area contributed by atoms with Crippen LogP contribution in [0, 0.1) is 12.0 Å². The van der Waals surface area contributed by atoms with Gasteiger partial charge < -0.3 is 15.4 Å². The van der Waals surface area contributed by atoms with Gasteiger partial charge in [-0.25, -0.2) is 0 Å². The van der Waals surface area contributed by atoms with Crippen LogP contribution in [0.5, 0.6) is 5.75 Å². The Bertz CT molecular complexity index is 1650. The molecule has 0 aromatic heterocycles. The normalized spacial score (nSPS) is 14.3. The number of benzene rings is 3. The third-order valence-electron chi connectivity index (χ3n) is 6.50. The number of allylic oxidation sites excluding steroid dienone is 1. The van der Waals surface area contributed by atoms with E-state index in [4.69, 9.17) is 11.6 Å². The van der Waals surface area contributed by atoms with E-state index in [0.29, 0.717) is 10.0 Å². The van der Waals surface area contributed by atoms with Crippen LogP contribution in [0.15, 0.2) is 107 Å². The molecule has 3 aromatic carbocycles. The first kappa shape index (κ1) is 37.5. The highest BCUT2D eigenvalue weighted by Crippen LogP contribution is 2.36. The molecule has 0 saturated heterocycles. The molecule has 0 aliphatic rings. The van der Waals surface area contributed by atoms with E-state index in [0.717, 1.165) is 12.1 Å². The van der Waals surface area contributed by atoms with Crippen LogP contribution in [0.4, 0.5) is 36.4 Å². The number of hydrogen-bond acceptors (Lipinski definition) is 4. The van der Waals surface area contributed by atoms with Crippen molar-refractivity contribution in [2.75, 3.05) is 5.32 Å². The Morgan fingerprint density at radius 2 is 1.72 bits per heavy atom. The number of hydrogen-bond donors (Lipinski definition) is 2. The Labute approximate surface area is 281 Å². The molecule has 0 aliphatic carbocycles. The fraction of sp³-hybridized carbons (Fsp3) is 0.265. The van der Waals surface area contributed by atoms with Gasteiger partial charge in [0.1, 0.15) is 11.3 Å². The molecule has 13 heteroatoms. The monoisotopic (exact) mass is 743 g/mol. The number of rotatable bonds is 14. The van der Waals surface area contributed by atoms with Gasteiger partial charge in [0.15, 0.2) is 0 Å². The van der Waals surface area contributed by atoms with Crippen LogP contribution in [0.1, 0.15) is 30.5 Å². The zero-order valence-corrected chi connectivity index (χ0v) is 27.5. The number of anilines is 1. The highest BCUT2D eigenvalue weighted by atomic mass is 79.9. The number of nitrogens with one attached hydrogen (secondary N) is 2. The van der Waals surface area contributed by atoms with Gasteiger partial charge in [0, 0.05) is 28.0 Å². The Morgan fingerprint density at radius 3 is 2.34 bits per heavy atom. The molecule has 0 aliphatic heterocycles. The number of aliphatic imine (C=N–C) groups is 1. The number of nitrogens with zero attached hydrogens (tertiary/aromatic N) is 1. The summed E-state index contributed by atoms with van der Waals surface area (Å²) in [6, 6.07) is 20.9. The third kappa shape index (κ3) is 11.1. The first-order chi connectivity index (χ1) is 22.0. The minimum Gasteiger partial charge on any atom is -0.428 e. The molecular formula is C34H30BrClF7N3O. The van der Waals surface area contributed by atoms with Gasteiger partial charge in [-0.3, -0.25) is 0 Å². The van der Waals surface area contributed by atoms with Crippen LogP contribution < -0.4 is 15.4 Å². The molecular weight excluding hydrogens is 715 g/mol. The van der Waals surface area contributed by atoms with Crippen molar-refractivity contribution >= 4 is 38.9 Å². The van der Waals surface area contributed by atoms with Crippen LogP contribution in [-0.2, 0) is 18.4 Å². The van der Waals surface area contributed by atoms with Crippen molar-refractivity contribution in [3.05, 3.63) is 119 Å². The topological polar surface area (TPSA) is 45.7 Å². The van der Waals surface area contributed by atoms with E-state index in [9.17, 15) is 30.7 Å². The number of alkyl halides is 8. The highest BCUT2D eigenvalue weighted by molar-refractivity contribution is 9.10. The van der Waals surface area contributed by atoms with Gasteiger partial charge in [-0.1, -0.05) is 77.0 Å². The third-order valence-corrected chi connectivity index (χ3v) is 7.14. The second kappa shape index (κ2) is 16.2. The summed E-state index contributed by atoms with van der Waals surface area (Å²) in [6.07, 6.45) is -11.5. The van der Waals surface area contributed by atoms with Gasteiger partial charge in [0.05, 0.1) is 18.0 Å². The van der Waals surface area contributed by atoms with E-state index in [1.807, 2.05) is 0 Å². The Hall–Kier alpha value is -3.95. The summed E-state index contributed by atoms with van der Waals surface area (Å²) in [5.41, 5.74) is -0.493. The van der Waals surface area contributed by atoms with Crippen LogP contribution in [0.2, 0.25) is 0 Å². The molecule has 0 amide bonds. The lowest BCUT2D eigenvalue weighted by molar-refractivity contribution is -0.253. The quantitative estimate of drug-likeness (QED) is 0.0748. The number of ether oxygens (including phenoxy) is 1. The average Bonchev–Trinajstić information content (AvgIpc) is 2.97. The van der Waals surface area contributed by atoms with Crippen LogP contribution in [0.3, 0.4) is 0 Å². The smallest absolute Gasteiger partial charge is 0.428 e. The fourth-order valence-electron chi connectivity index (χ4n) is 4.56. The predicted molar refractivity (Wildman–Crippen MR) is 175 cm³/mol. The van der Waals surface area contributed by atoms with Gasteiger partial charge in [-0.15, -0.1) is 11.6 Å². The maximum absolute atomic E-state index is 14.0. The summed E-state index contributed by atoms with van der Waals surface area (Å²) in [5, 5.41) is 5.61. The SMILES string of the molecule is C=C(Nc1ccc(Br)cc1CC(F)(F)F)N[C@](Cc1ccccc1)(C(/C=C\[C@H](C)Cl)=NC#CC)c1cccc(OC(F)(F)C(F)F)c1. The summed E-state index contributed by atoms with van der Waals surface area (Å²) >= 11 is 9.44. The summed E-state index contributed by atoms with van der Waals surface area (Å²) < 4.78 is 99.4. The van der Waals surface area contributed by atoms with Crippen LogP contribution >= 0.6 is 27.5 Å². The molecule has 0 bridgehead atoms. The number of halogens is 9. The minimum absolute atomic E-state index is 0.0135. The molecule has 0 saturated carbocycles. The molecule has 250 valence electrons. The Morgan fingerprint density at radius 1 is 1.02 bits per heavy atom. The summed E-state index contributed by atoms with van der Waals surface area (Å²) in [4.78, 5) is 4.44. The molecule has 0 fully saturated rings. The fourth-order valence-corrected chi connectivity index (χ4v) is 5.04. The summed E-state index contributed by atoms with van der Waals surface area (Å²) in [5.74, 6) is 2.07. The van der Waals surface area contributed by atoms with E-state index >= 15 is 0 Å². The van der Waals surface area contributed by atoms with E-state index < -0.39 is 41.8 Å². The minimum atomic E-state index is -4.80. The Kier molecular flexibility index (Phi) is 13.0. The maximum Gasteiger partial charge on any atom is 0.461 e. The van der Waals surface area contributed by atoms with Gasteiger partial charge in [0.2, 0.25) is 0 Å². The largest absolute Gasteiger partial charge is 0.461 e. The first-order valence-corrected chi connectivity index (χ1v) is 15.2. The van der Waals surface area contributed by atoms with E-state index in [2.05, 4.69) is 54.8 Å². The van der Waals surface area contributed by atoms with E-state index in [1.54, 1.807) is 62.4 Å². The molecule has 2 atom stereocenters. The molecule has 47 heavy (non-hydrogen) atoms. The molecule has 3 aromatic rings. The zero-order valence-electron chi connectivity index (χ0n) is 25.1. The molecule has 4 nitrogen and oxygen atoms in total. The standard InChI is InChI=1S/C34H30BrClF7N3O/c1-4-17-44-30(16-13-22(2)36)32(20-24-9-6-5-7-10-24,26-11-8-12-28(19-26)47-34(42,43)31(37)38)46-23(3)45-29-15-14-27(35)18-25(29)21-33(39,40)41/h5-16,18-19,22,31,45-46H,3,20-21H2,1-2H3/b16-13-,44-30?/t22-,32-/m0/s1. The van der Waals surface area contributed by atoms with Crippen molar-refractivity contribution in [2.45, 2.75) is 56.3 Å². The summed E-state index contributed by atoms with van der Waals surface area (Å²) in [6.45, 7) is 7.24. The van der Waals surface area contributed by atoms with E-state index in [-0.39, 0.29) is 34.8 Å². The molecule has 0 heterocycles. The Balaban J connectivity index is 2.28. The second-order valence-electron chi connectivity index (χ2n) is 10.3. The average molecular weight is 745 g/mol. The second-order valence-corrected chi connectivity index (χ2v) is 11.9. The van der Waals surface area contributed by atoms with Gasteiger partial charge in [0.25, 0.3) is 0 Å². The molecule has 0 spiro atoms. The molecule has 2 N–H and O–H groups in total. The van der Waals surface area contributed by atoms with Crippen LogP contribution in [0.25, 0.3) is 0 Å². The molecule has 3 rings (SSSR count). The van der Waals surface area contributed by atoms with Crippen molar-refractivity contribution in [1.29, 1.82) is 0 Å². The predicted octanol–water partition coefficient (Wildman–Crippen LogP) is 10.0. The van der Waals surface area contributed by atoms with Gasteiger partial charge in [-0.2, -0.15) is 35.7 Å². The molecule has 0 unspecified atom stereocenters. The van der Waals surface area contributed by atoms with Crippen molar-refractivity contribution in [1.82, 2.24) is 5.32 Å². The first-order valence-electron chi connectivity index (χ1n) is 14.0. The summed E-state index contributed by atoms with van der Waals surface area (Å²) in [7, 11) is 0. The van der Waals surface area contributed by atoms with Gasteiger partial charge >= 0.3 is 18.7 Å².